The van der Waals surface area contributed by atoms with Crippen molar-refractivity contribution >= 4 is 5.78 Å². The molecule has 0 aromatic rings. The fourth-order valence-corrected chi connectivity index (χ4v) is 0.877. The fourth-order valence-electron chi connectivity index (χ4n) is 0.877. The Morgan fingerprint density at radius 1 is 1.42 bits per heavy atom. The summed E-state index contributed by atoms with van der Waals surface area (Å²) in [5.74, 6) is 0.231. The van der Waals surface area contributed by atoms with Gasteiger partial charge in [0, 0.05) is 11.8 Å². The van der Waals surface area contributed by atoms with Gasteiger partial charge in [0.15, 0.2) is 0 Å². The summed E-state index contributed by atoms with van der Waals surface area (Å²) in [5.41, 5.74) is -0.256. The summed E-state index contributed by atoms with van der Waals surface area (Å²) in [6.45, 7) is 7.65. The van der Waals surface area contributed by atoms with E-state index in [4.69, 9.17) is 0 Å². The third kappa shape index (κ3) is 4.50. The van der Waals surface area contributed by atoms with E-state index in [1.807, 2.05) is 27.7 Å². The summed E-state index contributed by atoms with van der Waals surface area (Å²) in [6, 6.07) is 0. The van der Waals surface area contributed by atoms with Crippen LogP contribution in [0.5, 0.6) is 0 Å². The van der Waals surface area contributed by atoms with Crippen LogP contribution in [0.15, 0.2) is 0 Å². The first-order valence-electron chi connectivity index (χ1n) is 4.59. The molecule has 0 aliphatic rings. The van der Waals surface area contributed by atoms with Crippen LogP contribution in [0, 0.1) is 5.41 Å². The van der Waals surface area contributed by atoms with E-state index in [-0.39, 0.29) is 17.3 Å². The van der Waals surface area contributed by atoms with Gasteiger partial charge in [-0.1, -0.05) is 27.7 Å². The zero-order chi connectivity index (χ0) is 9.78. The van der Waals surface area contributed by atoms with Crippen molar-refractivity contribution in [1.82, 2.24) is 0 Å². The predicted octanol–water partition coefficient (Wildman–Crippen LogP) is 2.15. The highest BCUT2D eigenvalue weighted by atomic mass is 16.3. The van der Waals surface area contributed by atoms with E-state index in [1.165, 1.54) is 0 Å². The molecule has 0 heterocycles. The Morgan fingerprint density at radius 2 is 1.92 bits per heavy atom. The maximum atomic E-state index is 11.4. The van der Waals surface area contributed by atoms with Gasteiger partial charge < -0.3 is 5.11 Å². The average Bonchev–Trinajstić information content (AvgIpc) is 1.97. The van der Waals surface area contributed by atoms with Crippen molar-refractivity contribution in [2.75, 3.05) is 0 Å². The lowest BCUT2D eigenvalue weighted by Gasteiger charge is -2.17. The van der Waals surface area contributed by atoms with Gasteiger partial charge in [-0.3, -0.25) is 4.79 Å². The number of aliphatic hydroxyl groups is 1. The first-order chi connectivity index (χ1) is 5.38. The fraction of sp³-hybridized carbons (Fsp3) is 0.900. The zero-order valence-electron chi connectivity index (χ0n) is 8.55. The van der Waals surface area contributed by atoms with E-state index in [2.05, 4.69) is 0 Å². The quantitative estimate of drug-likeness (QED) is 0.705. The van der Waals surface area contributed by atoms with Crippen LogP contribution in [-0.4, -0.2) is 17.0 Å². The van der Waals surface area contributed by atoms with Crippen molar-refractivity contribution in [2.45, 2.75) is 53.1 Å². The zero-order valence-corrected chi connectivity index (χ0v) is 8.55. The van der Waals surface area contributed by atoms with E-state index in [0.29, 0.717) is 12.8 Å². The molecule has 1 unspecified atom stereocenters. The Bertz CT molecular complexity index is 144. The number of hydrogen-bond donors (Lipinski definition) is 1. The van der Waals surface area contributed by atoms with E-state index < -0.39 is 0 Å². The minimum absolute atomic E-state index is 0.231. The van der Waals surface area contributed by atoms with Gasteiger partial charge in [0.25, 0.3) is 0 Å². The number of carbonyl (C=O) groups is 1. The van der Waals surface area contributed by atoms with Crippen LogP contribution < -0.4 is 0 Å². The highest BCUT2D eigenvalue weighted by molar-refractivity contribution is 5.83. The predicted molar refractivity (Wildman–Crippen MR) is 50.0 cm³/mol. The van der Waals surface area contributed by atoms with Gasteiger partial charge >= 0.3 is 0 Å². The molecule has 72 valence electrons. The summed E-state index contributed by atoms with van der Waals surface area (Å²) >= 11 is 0. The van der Waals surface area contributed by atoms with Crippen molar-refractivity contribution in [1.29, 1.82) is 0 Å². The molecule has 0 spiro atoms. The lowest BCUT2D eigenvalue weighted by Crippen LogP contribution is -2.21. The minimum Gasteiger partial charge on any atom is -0.393 e. The van der Waals surface area contributed by atoms with Crippen LogP contribution >= 0.6 is 0 Å². The molecular formula is C10H20O2. The monoisotopic (exact) mass is 172 g/mol. The molecule has 2 heteroatoms. The highest BCUT2D eigenvalue weighted by Crippen LogP contribution is 2.18. The minimum atomic E-state index is -0.309. The van der Waals surface area contributed by atoms with E-state index >= 15 is 0 Å². The summed E-state index contributed by atoms with van der Waals surface area (Å²) in [6.07, 6.45) is 1.53. The number of hydrogen-bond acceptors (Lipinski definition) is 2. The highest BCUT2D eigenvalue weighted by Gasteiger charge is 2.20. The Kier molecular flexibility index (Phi) is 4.46. The molecule has 0 bridgehead atoms. The number of rotatable bonds is 4. The lowest BCUT2D eigenvalue weighted by molar-refractivity contribution is -0.126. The molecule has 0 saturated heterocycles. The molecule has 0 aliphatic heterocycles. The van der Waals surface area contributed by atoms with Crippen LogP contribution in [0.4, 0.5) is 0 Å². The molecule has 0 aromatic carbocycles. The van der Waals surface area contributed by atoms with E-state index in [0.717, 1.165) is 6.42 Å². The topological polar surface area (TPSA) is 37.3 Å². The van der Waals surface area contributed by atoms with E-state index in [1.54, 1.807) is 0 Å². The molecule has 0 radical (unpaired) electrons. The van der Waals surface area contributed by atoms with Crippen LogP contribution in [-0.2, 0) is 4.79 Å². The van der Waals surface area contributed by atoms with Gasteiger partial charge in [0.05, 0.1) is 6.10 Å². The SMILES string of the molecule is CCC(O)CCC(=O)C(C)(C)C. The first kappa shape index (κ1) is 11.6. The van der Waals surface area contributed by atoms with Crippen molar-refractivity contribution in [3.05, 3.63) is 0 Å². The standard InChI is InChI=1S/C10H20O2/c1-5-8(11)6-7-9(12)10(2,3)4/h8,11H,5-7H2,1-4H3. The molecule has 0 aliphatic carbocycles. The molecule has 12 heavy (non-hydrogen) atoms. The normalized spacial score (nSPS) is 14.4. The maximum Gasteiger partial charge on any atom is 0.138 e. The summed E-state index contributed by atoms with van der Waals surface area (Å²) in [7, 11) is 0. The van der Waals surface area contributed by atoms with Gasteiger partial charge in [-0.15, -0.1) is 0 Å². The average molecular weight is 172 g/mol. The smallest absolute Gasteiger partial charge is 0.138 e. The van der Waals surface area contributed by atoms with Crippen molar-refractivity contribution in [3.63, 3.8) is 0 Å². The van der Waals surface area contributed by atoms with Gasteiger partial charge in [-0.2, -0.15) is 0 Å². The van der Waals surface area contributed by atoms with Gasteiger partial charge in [-0.05, 0) is 12.8 Å². The molecule has 1 N–H and O–H groups in total. The number of ketones is 1. The summed E-state index contributed by atoms with van der Waals surface area (Å²) in [4.78, 5) is 11.4. The lowest BCUT2D eigenvalue weighted by atomic mass is 9.87. The Labute approximate surface area is 75.0 Å². The van der Waals surface area contributed by atoms with Gasteiger partial charge in [-0.25, -0.2) is 0 Å². The van der Waals surface area contributed by atoms with Gasteiger partial charge in [0.1, 0.15) is 5.78 Å². The maximum absolute atomic E-state index is 11.4. The molecule has 0 aromatic heterocycles. The van der Waals surface area contributed by atoms with Crippen LogP contribution in [0.2, 0.25) is 0 Å². The van der Waals surface area contributed by atoms with Crippen LogP contribution in [0.25, 0.3) is 0 Å². The molecule has 2 nitrogen and oxygen atoms in total. The van der Waals surface area contributed by atoms with Crippen LogP contribution in [0.1, 0.15) is 47.0 Å². The molecule has 1 atom stereocenters. The first-order valence-corrected chi connectivity index (χ1v) is 4.59. The van der Waals surface area contributed by atoms with Crippen LogP contribution in [0.3, 0.4) is 0 Å². The molecular weight excluding hydrogens is 152 g/mol. The Morgan fingerprint density at radius 3 is 2.25 bits per heavy atom. The number of aliphatic hydroxyl groups excluding tert-OH is 1. The number of Topliss-reactive ketones (excluding diaryl/α,β-unsaturated/α-hetero) is 1. The second-order valence-electron chi connectivity index (χ2n) is 4.27. The van der Waals surface area contributed by atoms with E-state index in [9.17, 15) is 9.90 Å². The van der Waals surface area contributed by atoms with Gasteiger partial charge in [0.2, 0.25) is 0 Å². The summed E-state index contributed by atoms with van der Waals surface area (Å²) in [5, 5.41) is 9.22. The molecule has 0 amide bonds. The van der Waals surface area contributed by atoms with Crippen molar-refractivity contribution in [2.24, 2.45) is 5.41 Å². The third-order valence-corrected chi connectivity index (χ3v) is 2.01. The second-order valence-corrected chi connectivity index (χ2v) is 4.27. The largest absolute Gasteiger partial charge is 0.393 e. The van der Waals surface area contributed by atoms with Crippen molar-refractivity contribution < 1.29 is 9.90 Å². The Hall–Kier alpha value is -0.370. The second kappa shape index (κ2) is 4.61. The molecule has 0 rings (SSSR count). The molecule has 0 saturated carbocycles. The third-order valence-electron chi connectivity index (χ3n) is 2.01. The summed E-state index contributed by atoms with van der Waals surface area (Å²) < 4.78 is 0. The molecule has 0 fully saturated rings. The number of carbonyl (C=O) groups excluding carboxylic acids is 1. The Balaban J connectivity index is 3.73. The van der Waals surface area contributed by atoms with Crippen molar-refractivity contribution in [3.8, 4) is 0 Å².